The van der Waals surface area contributed by atoms with Gasteiger partial charge in [-0.15, -0.1) is 12.4 Å². The Morgan fingerprint density at radius 3 is 2.64 bits per heavy atom. The van der Waals surface area contributed by atoms with Crippen molar-refractivity contribution in [2.45, 2.75) is 46.6 Å². The number of amides is 2. The van der Waals surface area contributed by atoms with Gasteiger partial charge in [0.15, 0.2) is 0 Å². The minimum Gasteiger partial charge on any atom is -0.352 e. The number of nitrogens with one attached hydrogen (secondary N) is 1. The first kappa shape index (κ1) is 21.5. The maximum absolute atomic E-state index is 12.5. The van der Waals surface area contributed by atoms with Crippen LogP contribution in [0, 0.1) is 25.7 Å². The van der Waals surface area contributed by atoms with Crippen LogP contribution in [0.2, 0.25) is 0 Å². The van der Waals surface area contributed by atoms with E-state index >= 15 is 0 Å². The lowest BCUT2D eigenvalue weighted by Crippen LogP contribution is -2.44. The topological polar surface area (TPSA) is 75.4 Å². The number of rotatable bonds is 6. The SMILES string of the molecule is Cc1cccc(N2CC(C(=O)NC(CN)CC(C)C)CC2=O)c1C.Cl. The molecule has 0 bridgehead atoms. The van der Waals surface area contributed by atoms with Crippen molar-refractivity contribution in [3.8, 4) is 0 Å². The summed E-state index contributed by atoms with van der Waals surface area (Å²) in [6, 6.07) is 5.90. The lowest BCUT2D eigenvalue weighted by molar-refractivity contribution is -0.127. The second-order valence-corrected chi connectivity index (χ2v) is 7.20. The summed E-state index contributed by atoms with van der Waals surface area (Å²) in [6.45, 7) is 9.12. The van der Waals surface area contributed by atoms with E-state index in [1.165, 1.54) is 0 Å². The number of halogens is 1. The smallest absolute Gasteiger partial charge is 0.227 e. The van der Waals surface area contributed by atoms with Gasteiger partial charge in [-0.25, -0.2) is 0 Å². The predicted molar refractivity (Wildman–Crippen MR) is 104 cm³/mol. The molecule has 2 unspecified atom stereocenters. The van der Waals surface area contributed by atoms with Crippen molar-refractivity contribution in [2.24, 2.45) is 17.6 Å². The van der Waals surface area contributed by atoms with Gasteiger partial charge in [0, 0.05) is 31.2 Å². The summed E-state index contributed by atoms with van der Waals surface area (Å²) in [5, 5.41) is 3.02. The molecule has 0 aromatic heterocycles. The van der Waals surface area contributed by atoms with Crippen molar-refractivity contribution in [3.63, 3.8) is 0 Å². The van der Waals surface area contributed by atoms with Crippen LogP contribution in [0.25, 0.3) is 0 Å². The molecule has 25 heavy (non-hydrogen) atoms. The van der Waals surface area contributed by atoms with Gasteiger partial charge in [0.25, 0.3) is 0 Å². The highest BCUT2D eigenvalue weighted by molar-refractivity contribution is 6.01. The van der Waals surface area contributed by atoms with Crippen molar-refractivity contribution in [2.75, 3.05) is 18.0 Å². The third-order valence-corrected chi connectivity index (χ3v) is 4.75. The summed E-state index contributed by atoms with van der Waals surface area (Å²) in [6.07, 6.45) is 1.11. The fourth-order valence-electron chi connectivity index (χ4n) is 3.25. The third kappa shape index (κ3) is 5.19. The highest BCUT2D eigenvalue weighted by Crippen LogP contribution is 2.29. The Balaban J connectivity index is 0.00000312. The molecule has 1 aliphatic heterocycles. The van der Waals surface area contributed by atoms with E-state index in [9.17, 15) is 9.59 Å². The molecule has 1 fully saturated rings. The van der Waals surface area contributed by atoms with E-state index in [0.29, 0.717) is 19.0 Å². The summed E-state index contributed by atoms with van der Waals surface area (Å²) >= 11 is 0. The van der Waals surface area contributed by atoms with Crippen LogP contribution in [-0.4, -0.2) is 30.9 Å². The quantitative estimate of drug-likeness (QED) is 0.811. The van der Waals surface area contributed by atoms with Crippen LogP contribution >= 0.6 is 12.4 Å². The molecule has 2 amide bonds. The van der Waals surface area contributed by atoms with Crippen LogP contribution in [0.3, 0.4) is 0 Å². The highest BCUT2D eigenvalue weighted by Gasteiger charge is 2.36. The molecule has 140 valence electrons. The van der Waals surface area contributed by atoms with E-state index in [4.69, 9.17) is 5.73 Å². The van der Waals surface area contributed by atoms with E-state index in [2.05, 4.69) is 19.2 Å². The summed E-state index contributed by atoms with van der Waals surface area (Å²) in [7, 11) is 0. The van der Waals surface area contributed by atoms with Crippen LogP contribution in [0.15, 0.2) is 18.2 Å². The lowest BCUT2D eigenvalue weighted by atomic mass is 10.0. The molecule has 2 atom stereocenters. The first-order valence-electron chi connectivity index (χ1n) is 8.70. The molecule has 0 saturated carbocycles. The largest absolute Gasteiger partial charge is 0.352 e. The number of hydrogen-bond acceptors (Lipinski definition) is 3. The van der Waals surface area contributed by atoms with Gasteiger partial charge in [-0.2, -0.15) is 0 Å². The Bertz CT molecular complexity index is 619. The van der Waals surface area contributed by atoms with Crippen molar-refractivity contribution in [3.05, 3.63) is 29.3 Å². The number of benzene rings is 1. The molecule has 0 radical (unpaired) electrons. The van der Waals surface area contributed by atoms with Gasteiger partial charge < -0.3 is 16.0 Å². The molecular formula is C19H30ClN3O2. The van der Waals surface area contributed by atoms with Crippen LogP contribution in [0.1, 0.15) is 37.8 Å². The predicted octanol–water partition coefficient (Wildman–Crippen LogP) is 2.57. The number of carbonyl (C=O) groups is 2. The normalized spacial score (nSPS) is 18.2. The molecule has 1 aliphatic rings. The maximum atomic E-state index is 12.5. The average molecular weight is 368 g/mol. The van der Waals surface area contributed by atoms with E-state index in [-0.39, 0.29) is 42.6 Å². The minimum absolute atomic E-state index is 0. The molecule has 1 aromatic rings. The fraction of sp³-hybridized carbons (Fsp3) is 0.579. The fourth-order valence-corrected chi connectivity index (χ4v) is 3.25. The highest BCUT2D eigenvalue weighted by atomic mass is 35.5. The van der Waals surface area contributed by atoms with Crippen molar-refractivity contribution < 1.29 is 9.59 Å². The van der Waals surface area contributed by atoms with Gasteiger partial charge in [0.05, 0.1) is 5.92 Å². The second-order valence-electron chi connectivity index (χ2n) is 7.20. The van der Waals surface area contributed by atoms with E-state index in [1.807, 2.05) is 32.0 Å². The van der Waals surface area contributed by atoms with Crippen LogP contribution < -0.4 is 16.0 Å². The first-order valence-corrected chi connectivity index (χ1v) is 8.70. The summed E-state index contributed by atoms with van der Waals surface area (Å²) in [5.74, 6) is 0.110. The van der Waals surface area contributed by atoms with Gasteiger partial charge in [-0.1, -0.05) is 26.0 Å². The molecule has 2 rings (SSSR count). The number of nitrogens with zero attached hydrogens (tertiary/aromatic N) is 1. The van der Waals surface area contributed by atoms with Crippen LogP contribution in [-0.2, 0) is 9.59 Å². The number of nitrogens with two attached hydrogens (primary N) is 1. The number of anilines is 1. The van der Waals surface area contributed by atoms with Crippen LogP contribution in [0.5, 0.6) is 0 Å². The third-order valence-electron chi connectivity index (χ3n) is 4.75. The summed E-state index contributed by atoms with van der Waals surface area (Å²) in [4.78, 5) is 26.7. The van der Waals surface area contributed by atoms with Gasteiger partial charge >= 0.3 is 0 Å². The standard InChI is InChI=1S/C19H29N3O2.ClH/c1-12(2)8-16(10-20)21-19(24)15-9-18(23)22(11-15)17-7-5-6-13(3)14(17)4;/h5-7,12,15-16H,8-11,20H2,1-4H3,(H,21,24);1H. The molecule has 1 saturated heterocycles. The molecule has 1 aromatic carbocycles. The molecular weight excluding hydrogens is 338 g/mol. The van der Waals surface area contributed by atoms with Gasteiger partial charge in [0.1, 0.15) is 0 Å². The van der Waals surface area contributed by atoms with Gasteiger partial charge in [-0.05, 0) is 43.4 Å². The zero-order chi connectivity index (χ0) is 17.9. The van der Waals surface area contributed by atoms with E-state index in [0.717, 1.165) is 23.2 Å². The molecule has 5 nitrogen and oxygen atoms in total. The summed E-state index contributed by atoms with van der Waals surface area (Å²) < 4.78 is 0. The molecule has 0 spiro atoms. The molecule has 0 aliphatic carbocycles. The number of aryl methyl sites for hydroxylation is 1. The molecule has 1 heterocycles. The maximum Gasteiger partial charge on any atom is 0.227 e. The van der Waals surface area contributed by atoms with E-state index < -0.39 is 0 Å². The summed E-state index contributed by atoms with van der Waals surface area (Å²) in [5.41, 5.74) is 8.90. The van der Waals surface area contributed by atoms with Gasteiger partial charge in [0.2, 0.25) is 11.8 Å². The van der Waals surface area contributed by atoms with Gasteiger partial charge in [-0.3, -0.25) is 9.59 Å². The zero-order valence-corrected chi connectivity index (χ0v) is 16.4. The number of hydrogen-bond donors (Lipinski definition) is 2. The molecule has 3 N–H and O–H groups in total. The van der Waals surface area contributed by atoms with E-state index in [1.54, 1.807) is 4.90 Å². The zero-order valence-electron chi connectivity index (χ0n) is 15.5. The Morgan fingerprint density at radius 2 is 2.04 bits per heavy atom. The average Bonchev–Trinajstić information content (AvgIpc) is 2.90. The van der Waals surface area contributed by atoms with Crippen LogP contribution in [0.4, 0.5) is 5.69 Å². The Kier molecular flexibility index (Phi) is 7.90. The Morgan fingerprint density at radius 1 is 1.36 bits per heavy atom. The monoisotopic (exact) mass is 367 g/mol. The first-order chi connectivity index (χ1) is 11.3. The van der Waals surface area contributed by atoms with Crippen molar-refractivity contribution in [1.29, 1.82) is 0 Å². The van der Waals surface area contributed by atoms with Crippen molar-refractivity contribution in [1.82, 2.24) is 5.32 Å². The Labute approximate surface area is 156 Å². The minimum atomic E-state index is -0.307. The Hall–Kier alpha value is -1.59. The second kappa shape index (κ2) is 9.20. The molecule has 6 heteroatoms. The number of carbonyl (C=O) groups excluding carboxylic acids is 2. The van der Waals surface area contributed by atoms with Crippen molar-refractivity contribution >= 4 is 29.9 Å². The lowest BCUT2D eigenvalue weighted by Gasteiger charge is -2.22.